The van der Waals surface area contributed by atoms with Gasteiger partial charge in [0.2, 0.25) is 0 Å². The van der Waals surface area contributed by atoms with Gasteiger partial charge in [-0.25, -0.2) is 9.97 Å². The van der Waals surface area contributed by atoms with Gasteiger partial charge in [0, 0.05) is 20.1 Å². The fraction of sp³-hybridized carbons (Fsp3) is 0.636. The molecule has 0 bridgehead atoms. The van der Waals surface area contributed by atoms with E-state index >= 15 is 0 Å². The number of halogens is 4. The van der Waals surface area contributed by atoms with Crippen molar-refractivity contribution in [1.82, 2.24) is 9.97 Å². The quantitative estimate of drug-likeness (QED) is 0.861. The summed E-state index contributed by atoms with van der Waals surface area (Å²) in [5.41, 5.74) is 0. The molecule has 0 aliphatic heterocycles. The number of hydrogen-bond acceptors (Lipinski definition) is 4. The zero-order chi connectivity index (χ0) is 14.5. The summed E-state index contributed by atoms with van der Waals surface area (Å²) in [4.78, 5) is 9.51. The summed E-state index contributed by atoms with van der Waals surface area (Å²) >= 11 is 3.32. The Morgan fingerprint density at radius 1 is 1.37 bits per heavy atom. The summed E-state index contributed by atoms with van der Waals surface area (Å²) < 4.78 is 37.2. The minimum absolute atomic E-state index is 0.146. The first-order chi connectivity index (χ1) is 8.85. The first-order valence-corrected chi connectivity index (χ1v) is 6.66. The van der Waals surface area contributed by atoms with E-state index in [2.05, 4.69) is 31.2 Å². The van der Waals surface area contributed by atoms with Crippen LogP contribution in [-0.4, -0.2) is 36.3 Å². The molecule has 108 valence electrons. The molecule has 8 heteroatoms. The molecule has 1 rings (SSSR count). The molecule has 0 spiro atoms. The standard InChI is InChI=1S/C11H16BrF3N4/c1-3-5-16-9-8(12)10(18-7-17-9)19(2)6-4-11(13,14)15/h7H,3-6H2,1-2H3,(H,16,17,18). The van der Waals surface area contributed by atoms with E-state index in [1.165, 1.54) is 11.2 Å². The van der Waals surface area contributed by atoms with Crippen molar-refractivity contribution in [2.75, 3.05) is 30.4 Å². The Kier molecular flexibility index (Phi) is 5.84. The summed E-state index contributed by atoms with van der Waals surface area (Å²) in [6.07, 6.45) is -2.79. The van der Waals surface area contributed by atoms with Crippen molar-refractivity contribution < 1.29 is 13.2 Å². The summed E-state index contributed by atoms with van der Waals surface area (Å²) in [6.45, 7) is 2.60. The molecule has 0 amide bonds. The van der Waals surface area contributed by atoms with Crippen molar-refractivity contribution in [2.45, 2.75) is 25.9 Å². The van der Waals surface area contributed by atoms with E-state index in [1.807, 2.05) is 6.92 Å². The highest BCUT2D eigenvalue weighted by molar-refractivity contribution is 9.10. The van der Waals surface area contributed by atoms with Crippen LogP contribution in [0.15, 0.2) is 10.8 Å². The van der Waals surface area contributed by atoms with Crippen molar-refractivity contribution in [3.63, 3.8) is 0 Å². The predicted molar refractivity (Wildman–Crippen MR) is 72.5 cm³/mol. The molecule has 1 aromatic heterocycles. The summed E-state index contributed by atoms with van der Waals surface area (Å²) in [5, 5.41) is 3.08. The minimum Gasteiger partial charge on any atom is -0.369 e. The Morgan fingerprint density at radius 2 is 2.05 bits per heavy atom. The molecule has 0 aliphatic carbocycles. The number of anilines is 2. The van der Waals surface area contributed by atoms with Crippen LogP contribution >= 0.6 is 15.9 Å². The molecule has 1 heterocycles. The lowest BCUT2D eigenvalue weighted by molar-refractivity contribution is -0.132. The second-order valence-electron chi connectivity index (χ2n) is 4.07. The van der Waals surface area contributed by atoms with Crippen LogP contribution in [0.25, 0.3) is 0 Å². The molecule has 1 aromatic rings. The van der Waals surface area contributed by atoms with E-state index in [4.69, 9.17) is 0 Å². The van der Waals surface area contributed by atoms with Gasteiger partial charge in [0.25, 0.3) is 0 Å². The van der Waals surface area contributed by atoms with Gasteiger partial charge in [-0.2, -0.15) is 13.2 Å². The summed E-state index contributed by atoms with van der Waals surface area (Å²) in [5.74, 6) is 1.03. The second-order valence-corrected chi connectivity index (χ2v) is 4.87. The van der Waals surface area contributed by atoms with Gasteiger partial charge in [-0.1, -0.05) is 6.92 Å². The van der Waals surface area contributed by atoms with E-state index in [0.29, 0.717) is 16.1 Å². The third-order valence-corrected chi connectivity index (χ3v) is 3.14. The third kappa shape index (κ3) is 5.22. The zero-order valence-electron chi connectivity index (χ0n) is 10.8. The van der Waals surface area contributed by atoms with Crippen LogP contribution in [0.5, 0.6) is 0 Å². The summed E-state index contributed by atoms with van der Waals surface area (Å²) in [7, 11) is 1.57. The van der Waals surface area contributed by atoms with Crippen molar-refractivity contribution in [2.24, 2.45) is 0 Å². The molecular formula is C11H16BrF3N4. The van der Waals surface area contributed by atoms with E-state index in [-0.39, 0.29) is 6.54 Å². The van der Waals surface area contributed by atoms with Crippen LogP contribution in [0, 0.1) is 0 Å². The largest absolute Gasteiger partial charge is 0.390 e. The maximum Gasteiger partial charge on any atom is 0.390 e. The Hall–Kier alpha value is -1.05. The maximum atomic E-state index is 12.2. The lowest BCUT2D eigenvalue weighted by Gasteiger charge is -2.21. The van der Waals surface area contributed by atoms with E-state index in [0.717, 1.165) is 13.0 Å². The van der Waals surface area contributed by atoms with Crippen molar-refractivity contribution >= 4 is 27.6 Å². The number of nitrogens with one attached hydrogen (secondary N) is 1. The molecule has 0 aliphatic rings. The van der Waals surface area contributed by atoms with Crippen molar-refractivity contribution in [1.29, 1.82) is 0 Å². The predicted octanol–water partition coefficient (Wildman–Crippen LogP) is 3.45. The Bertz CT molecular complexity index is 411. The second kappa shape index (κ2) is 6.93. The van der Waals surface area contributed by atoms with Gasteiger partial charge in [0.1, 0.15) is 22.4 Å². The highest BCUT2D eigenvalue weighted by atomic mass is 79.9. The Morgan fingerprint density at radius 3 is 2.63 bits per heavy atom. The van der Waals surface area contributed by atoms with Gasteiger partial charge >= 0.3 is 6.18 Å². The smallest absolute Gasteiger partial charge is 0.369 e. The first-order valence-electron chi connectivity index (χ1n) is 5.87. The van der Waals surface area contributed by atoms with Crippen LogP contribution in [0.1, 0.15) is 19.8 Å². The molecule has 0 saturated heterocycles. The van der Waals surface area contributed by atoms with Crippen LogP contribution in [-0.2, 0) is 0 Å². The molecule has 0 aromatic carbocycles. The van der Waals surface area contributed by atoms with Crippen LogP contribution in [0.3, 0.4) is 0 Å². The number of nitrogens with zero attached hydrogens (tertiary/aromatic N) is 3. The van der Waals surface area contributed by atoms with Gasteiger partial charge in [0.15, 0.2) is 0 Å². The van der Waals surface area contributed by atoms with E-state index < -0.39 is 12.6 Å². The molecule has 0 fully saturated rings. The molecule has 0 radical (unpaired) electrons. The maximum absolute atomic E-state index is 12.2. The SMILES string of the molecule is CCCNc1ncnc(N(C)CCC(F)(F)F)c1Br. The monoisotopic (exact) mass is 340 g/mol. The molecule has 0 saturated carbocycles. The average molecular weight is 341 g/mol. The van der Waals surface area contributed by atoms with E-state index in [9.17, 15) is 13.2 Å². The number of hydrogen-bond donors (Lipinski definition) is 1. The third-order valence-electron chi connectivity index (χ3n) is 2.41. The molecule has 4 nitrogen and oxygen atoms in total. The van der Waals surface area contributed by atoms with Crippen LogP contribution in [0.2, 0.25) is 0 Å². The fourth-order valence-corrected chi connectivity index (χ4v) is 2.04. The van der Waals surface area contributed by atoms with Crippen molar-refractivity contribution in [3.8, 4) is 0 Å². The Labute approximate surface area is 118 Å². The number of alkyl halides is 3. The lowest BCUT2D eigenvalue weighted by Crippen LogP contribution is -2.25. The summed E-state index contributed by atoms with van der Waals surface area (Å²) in [6, 6.07) is 0. The number of aromatic nitrogens is 2. The topological polar surface area (TPSA) is 41.1 Å². The molecule has 0 atom stereocenters. The fourth-order valence-electron chi connectivity index (χ4n) is 1.39. The first kappa shape index (κ1) is 16.0. The van der Waals surface area contributed by atoms with Gasteiger partial charge in [-0.3, -0.25) is 0 Å². The highest BCUT2D eigenvalue weighted by Crippen LogP contribution is 2.29. The molecule has 19 heavy (non-hydrogen) atoms. The Balaban J connectivity index is 2.76. The number of rotatable bonds is 6. The molecule has 0 unspecified atom stereocenters. The average Bonchev–Trinajstić information content (AvgIpc) is 2.34. The normalized spacial score (nSPS) is 11.5. The van der Waals surface area contributed by atoms with Crippen molar-refractivity contribution in [3.05, 3.63) is 10.8 Å². The molecular weight excluding hydrogens is 325 g/mol. The minimum atomic E-state index is -4.17. The van der Waals surface area contributed by atoms with Gasteiger partial charge in [-0.05, 0) is 22.4 Å². The molecule has 1 N–H and O–H groups in total. The zero-order valence-corrected chi connectivity index (χ0v) is 12.3. The van der Waals surface area contributed by atoms with Gasteiger partial charge < -0.3 is 10.2 Å². The van der Waals surface area contributed by atoms with Gasteiger partial charge in [-0.15, -0.1) is 0 Å². The van der Waals surface area contributed by atoms with Crippen LogP contribution in [0.4, 0.5) is 24.8 Å². The lowest BCUT2D eigenvalue weighted by atomic mass is 10.3. The highest BCUT2D eigenvalue weighted by Gasteiger charge is 2.27. The van der Waals surface area contributed by atoms with E-state index in [1.54, 1.807) is 7.05 Å². The van der Waals surface area contributed by atoms with Crippen LogP contribution < -0.4 is 10.2 Å². The van der Waals surface area contributed by atoms with Gasteiger partial charge in [0.05, 0.1) is 6.42 Å².